The van der Waals surface area contributed by atoms with Crippen LogP contribution >= 0.6 is 45.3 Å². The van der Waals surface area contributed by atoms with Gasteiger partial charge in [-0.05, 0) is 150 Å². The van der Waals surface area contributed by atoms with E-state index in [9.17, 15) is 19.2 Å². The molecule has 0 radical (unpaired) electrons. The van der Waals surface area contributed by atoms with Crippen LogP contribution in [0.2, 0.25) is 0 Å². The van der Waals surface area contributed by atoms with Crippen molar-refractivity contribution < 1.29 is 19.2 Å². The molecule has 80 heavy (non-hydrogen) atoms. The fraction of sp³-hybridized carbons (Fsp3) is 0.278. The second kappa shape index (κ2) is 20.7. The normalized spacial score (nSPS) is 17.5. The molecule has 4 heterocycles. The van der Waals surface area contributed by atoms with Crippen LogP contribution in [-0.4, -0.2) is 23.1 Å². The molecule has 0 spiro atoms. The van der Waals surface area contributed by atoms with Crippen LogP contribution in [0.3, 0.4) is 0 Å². The Bertz CT molecular complexity index is 4550. The summed E-state index contributed by atoms with van der Waals surface area (Å²) in [6.07, 6.45) is 3.98. The van der Waals surface area contributed by atoms with Gasteiger partial charge in [0.2, 0.25) is 0 Å². The molecule has 12 rings (SSSR count). The zero-order valence-corrected chi connectivity index (χ0v) is 50.9. The van der Waals surface area contributed by atoms with Crippen molar-refractivity contribution in [1.82, 2.24) is 0 Å². The maximum absolute atomic E-state index is 14.4. The zero-order chi connectivity index (χ0) is 56.3. The first-order valence-electron chi connectivity index (χ1n) is 28.4. The number of Topliss-reactive ketones (excluding diaryl/α,β-unsaturated/α-hetero) is 4. The van der Waals surface area contributed by atoms with Gasteiger partial charge in [-0.2, -0.15) is 0 Å². The monoisotopic (exact) mass is 1120 g/mol. The largest absolute Gasteiger partial charge is 0.293 e. The lowest BCUT2D eigenvalue weighted by Crippen LogP contribution is -2.33. The molecule has 2 atom stereocenters. The molecule has 0 bridgehead atoms. The van der Waals surface area contributed by atoms with Crippen molar-refractivity contribution >= 4 is 103 Å². The van der Waals surface area contributed by atoms with Crippen LogP contribution in [0.5, 0.6) is 0 Å². The Hall–Kier alpha value is -6.68. The smallest absolute Gasteiger partial charge is 0.199 e. The van der Waals surface area contributed by atoms with Gasteiger partial charge in [0.1, 0.15) is 0 Å². The van der Waals surface area contributed by atoms with Crippen molar-refractivity contribution in [2.24, 2.45) is 11.8 Å². The minimum absolute atomic E-state index is 0.101. The van der Waals surface area contributed by atoms with Gasteiger partial charge in [0.25, 0.3) is 0 Å². The minimum Gasteiger partial charge on any atom is -0.293 e. The second-order valence-corrected chi connectivity index (χ2v) is 28.3. The quantitative estimate of drug-likeness (QED) is 0.152. The molecule has 1 fully saturated rings. The van der Waals surface area contributed by atoms with Crippen molar-refractivity contribution in [3.05, 3.63) is 213 Å². The van der Waals surface area contributed by atoms with E-state index < -0.39 is 11.8 Å². The Labute approximate surface area is 483 Å². The summed E-state index contributed by atoms with van der Waals surface area (Å²) in [6, 6.07) is 42.4. The van der Waals surface area contributed by atoms with Crippen molar-refractivity contribution in [2.75, 3.05) is 0 Å². The number of ketones is 4. The zero-order valence-electron chi connectivity index (χ0n) is 47.6. The summed E-state index contributed by atoms with van der Waals surface area (Å²) >= 11 is 6.64. The topological polar surface area (TPSA) is 68.3 Å². The van der Waals surface area contributed by atoms with Gasteiger partial charge in [0, 0.05) is 49.4 Å². The molecule has 3 aliphatic rings. The van der Waals surface area contributed by atoms with E-state index in [-0.39, 0.29) is 52.4 Å². The van der Waals surface area contributed by atoms with Gasteiger partial charge < -0.3 is 0 Å². The van der Waals surface area contributed by atoms with E-state index >= 15 is 0 Å². The summed E-state index contributed by atoms with van der Waals surface area (Å²) in [7, 11) is 0. The van der Waals surface area contributed by atoms with Gasteiger partial charge >= 0.3 is 0 Å². The lowest BCUT2D eigenvalue weighted by molar-refractivity contribution is -0.115. The lowest BCUT2D eigenvalue weighted by Gasteiger charge is -2.23. The number of rotatable bonds is 8. The molecule has 4 aromatic heterocycles. The SMILES string of the molecule is CC(C)c1cc(C(C)C)c(-c2c/c(=c3/ccc(=C4C(=O)c5cc6ccccc6cc5C4=O)s3)s/c2=c2/s/c(=c3\ccc(=C4C(=O)C5C=c6ccccc6=CC5C4=O)s3)cc2-c2c(C(C)C)cc(C(C)C)cc2C(C)C)c(C(C)C)c1. The first-order valence-corrected chi connectivity index (χ1v) is 31.6. The van der Waals surface area contributed by atoms with E-state index in [2.05, 4.69) is 132 Å². The number of thiophene rings is 4. The lowest BCUT2D eigenvalue weighted by atomic mass is 9.81. The molecule has 0 aliphatic heterocycles. The summed E-state index contributed by atoms with van der Waals surface area (Å²) in [4.78, 5) is 57.4. The van der Waals surface area contributed by atoms with Gasteiger partial charge in [-0.1, -0.05) is 168 Å². The number of hydrogen-bond donors (Lipinski definition) is 0. The maximum atomic E-state index is 14.4. The molecule has 0 amide bonds. The van der Waals surface area contributed by atoms with Crippen molar-refractivity contribution in [3.63, 3.8) is 0 Å². The van der Waals surface area contributed by atoms with E-state index in [1.807, 2.05) is 84.9 Å². The number of benzene rings is 5. The van der Waals surface area contributed by atoms with Crippen LogP contribution in [0.4, 0.5) is 0 Å². The first kappa shape index (κ1) is 53.9. The maximum Gasteiger partial charge on any atom is 0.199 e. The molecule has 1 saturated carbocycles. The number of hydrogen-bond acceptors (Lipinski definition) is 8. The molecule has 8 heteroatoms. The summed E-state index contributed by atoms with van der Waals surface area (Å²) in [6.45, 7) is 27.6. The Morgan fingerprint density at radius 2 is 0.688 bits per heavy atom. The summed E-state index contributed by atoms with van der Waals surface area (Å²) < 4.78 is 7.89. The van der Waals surface area contributed by atoms with Gasteiger partial charge in [-0.25, -0.2) is 0 Å². The van der Waals surface area contributed by atoms with Gasteiger partial charge in [0.05, 0.1) is 32.0 Å². The Morgan fingerprint density at radius 1 is 0.338 bits per heavy atom. The van der Waals surface area contributed by atoms with Crippen LogP contribution in [-0.2, 0) is 9.59 Å². The molecule has 402 valence electrons. The van der Waals surface area contributed by atoms with E-state index in [4.69, 9.17) is 0 Å². The van der Waals surface area contributed by atoms with E-state index in [1.54, 1.807) is 34.0 Å². The molecule has 3 aliphatic carbocycles. The predicted octanol–water partition coefficient (Wildman–Crippen LogP) is 16.1. The van der Waals surface area contributed by atoms with Gasteiger partial charge in [-0.3, -0.25) is 19.2 Å². The third-order valence-corrected chi connectivity index (χ3v) is 21.7. The highest BCUT2D eigenvalue weighted by Crippen LogP contribution is 2.45. The Kier molecular flexibility index (Phi) is 14.0. The number of carbonyl (C=O) groups is 4. The van der Waals surface area contributed by atoms with Crippen LogP contribution in [0.25, 0.3) is 56.3 Å². The molecule has 5 aromatic carbocycles. The van der Waals surface area contributed by atoms with Crippen LogP contribution < -0.4 is 19.5 Å². The molecule has 4 nitrogen and oxygen atoms in total. The van der Waals surface area contributed by atoms with Crippen LogP contribution in [0.15, 0.2) is 121 Å². The first-order chi connectivity index (χ1) is 38.3. The predicted molar refractivity (Wildman–Crippen MR) is 336 cm³/mol. The Balaban J connectivity index is 1.22. The summed E-state index contributed by atoms with van der Waals surface area (Å²) in [5.41, 5.74) is 14.3. The van der Waals surface area contributed by atoms with Crippen LogP contribution in [0, 0.1) is 39.0 Å². The molecular weight excluding hydrogens is 1060 g/mol. The number of carbonyl (C=O) groups excluding carboxylic acids is 4. The highest BCUT2D eigenvalue weighted by Gasteiger charge is 2.44. The Morgan fingerprint density at radius 3 is 1.05 bits per heavy atom. The van der Waals surface area contributed by atoms with E-state index in [1.165, 1.54) is 76.0 Å². The molecular formula is C72H66O4S4. The fourth-order valence-electron chi connectivity index (χ4n) is 12.3. The standard InChI is InChI=1S/C72H66O4S4/c1-35(2)45-29-47(37(5)6)63(48(30-45)38(7)8)55-33-61(57-21-23-59(77-57)65-67(73)51-25-41-17-13-14-18-42(41)26-52(51)68(65)74)79-71(55)72-56(64-49(39(9)10)31-46(36(3)4)32-50(64)40(11)12)34-62(80-72)58-22-24-60(78-58)66-69(75)53-27-43-19-15-16-20-44(43)28-54(53)70(66)76/h13-40,51-52H,1-12H3/b61-57+,62-58+,65-59?,72-71+. The van der Waals surface area contributed by atoms with Crippen molar-refractivity contribution in [3.8, 4) is 22.3 Å². The average molecular weight is 1120 g/mol. The molecule has 0 N–H and O–H groups in total. The van der Waals surface area contributed by atoms with Gasteiger partial charge in [-0.15, -0.1) is 45.3 Å². The summed E-state index contributed by atoms with van der Waals surface area (Å²) in [5, 5.41) is 3.87. The van der Waals surface area contributed by atoms with Crippen LogP contribution in [0.1, 0.15) is 173 Å². The highest BCUT2D eigenvalue weighted by atomic mass is 32.1. The molecule has 0 saturated heterocycles. The third-order valence-electron chi connectivity index (χ3n) is 16.7. The van der Waals surface area contributed by atoms with Crippen molar-refractivity contribution in [1.29, 1.82) is 0 Å². The fourth-order valence-corrected chi connectivity index (χ4v) is 17.0. The summed E-state index contributed by atoms with van der Waals surface area (Å²) in [5.74, 6) is -0.0769. The third kappa shape index (κ3) is 9.06. The molecule has 9 aromatic rings. The number of fused-ring (bicyclic) bond motifs is 4. The average Bonchev–Trinajstić information content (AvgIpc) is 4.41. The molecule has 2 unspecified atom stereocenters. The second-order valence-electron chi connectivity index (χ2n) is 24.0. The van der Waals surface area contributed by atoms with Gasteiger partial charge in [0.15, 0.2) is 23.1 Å². The van der Waals surface area contributed by atoms with Crippen molar-refractivity contribution in [2.45, 2.75) is 119 Å². The van der Waals surface area contributed by atoms with E-state index in [0.29, 0.717) is 37.6 Å². The van der Waals surface area contributed by atoms with E-state index in [0.717, 1.165) is 39.3 Å². The highest BCUT2D eigenvalue weighted by molar-refractivity contribution is 7.14. The minimum atomic E-state index is -0.503.